The zero-order valence-electron chi connectivity index (χ0n) is 9.78. The molecule has 8 heteroatoms. The number of nitrogens with one attached hydrogen (secondary N) is 2. The van der Waals surface area contributed by atoms with Crippen molar-refractivity contribution in [3.05, 3.63) is 39.4 Å². The van der Waals surface area contributed by atoms with Gasteiger partial charge in [0.05, 0.1) is 16.6 Å². The van der Waals surface area contributed by atoms with Crippen LogP contribution >= 0.6 is 0 Å². The Labute approximate surface area is 106 Å². The maximum atomic E-state index is 13.7. The fourth-order valence-electron chi connectivity index (χ4n) is 1.91. The van der Waals surface area contributed by atoms with Gasteiger partial charge in [0, 0.05) is 12.6 Å². The lowest BCUT2D eigenvalue weighted by atomic mass is 10.1. The Hall–Kier alpha value is -2.09. The largest absolute Gasteiger partial charge is 0.348 e. The number of nitro groups is 1. The van der Waals surface area contributed by atoms with Gasteiger partial charge in [-0.15, -0.1) is 0 Å². The zero-order chi connectivity index (χ0) is 14.0. The van der Waals surface area contributed by atoms with E-state index in [2.05, 4.69) is 10.6 Å². The van der Waals surface area contributed by atoms with Crippen LogP contribution in [0.2, 0.25) is 0 Å². The molecule has 1 aromatic carbocycles. The first-order chi connectivity index (χ1) is 8.99. The third kappa shape index (κ3) is 2.84. The van der Waals surface area contributed by atoms with Crippen LogP contribution in [0.15, 0.2) is 12.1 Å². The Kier molecular flexibility index (Phi) is 3.70. The summed E-state index contributed by atoms with van der Waals surface area (Å²) in [5.74, 6) is -3.20. The first kappa shape index (κ1) is 13.3. The highest BCUT2D eigenvalue weighted by Crippen LogP contribution is 2.22. The van der Waals surface area contributed by atoms with Gasteiger partial charge in [-0.05, 0) is 19.0 Å². The van der Waals surface area contributed by atoms with Gasteiger partial charge in [0.2, 0.25) is 5.82 Å². The monoisotopic (exact) mass is 271 g/mol. The number of hydrogen-bond donors (Lipinski definition) is 2. The lowest BCUT2D eigenvalue weighted by Crippen LogP contribution is -2.36. The van der Waals surface area contributed by atoms with Crippen molar-refractivity contribution in [3.8, 4) is 0 Å². The van der Waals surface area contributed by atoms with Gasteiger partial charge in [-0.3, -0.25) is 14.9 Å². The highest BCUT2D eigenvalue weighted by Gasteiger charge is 2.26. The molecule has 0 aliphatic carbocycles. The molecule has 1 aromatic rings. The molecule has 0 aromatic heterocycles. The van der Waals surface area contributed by atoms with Gasteiger partial charge in [0.15, 0.2) is 0 Å². The van der Waals surface area contributed by atoms with Crippen LogP contribution in [0.1, 0.15) is 16.8 Å². The van der Waals surface area contributed by atoms with Gasteiger partial charge in [-0.2, -0.15) is 4.39 Å². The molecule has 1 amide bonds. The lowest BCUT2D eigenvalue weighted by Gasteiger charge is -2.11. The summed E-state index contributed by atoms with van der Waals surface area (Å²) in [4.78, 5) is 21.3. The van der Waals surface area contributed by atoms with Crippen LogP contribution in [0.4, 0.5) is 14.5 Å². The lowest BCUT2D eigenvalue weighted by molar-refractivity contribution is -0.387. The number of benzene rings is 1. The first-order valence-electron chi connectivity index (χ1n) is 5.64. The molecule has 2 N–H and O–H groups in total. The summed E-state index contributed by atoms with van der Waals surface area (Å²) in [6.45, 7) is 1.25. The third-order valence-electron chi connectivity index (χ3n) is 2.86. The van der Waals surface area contributed by atoms with Gasteiger partial charge in [-0.1, -0.05) is 0 Å². The number of amides is 1. The Morgan fingerprint density at radius 3 is 2.79 bits per heavy atom. The molecule has 1 aliphatic rings. The summed E-state index contributed by atoms with van der Waals surface area (Å²) in [6.07, 6.45) is 0.671. The van der Waals surface area contributed by atoms with Crippen LogP contribution in [0.3, 0.4) is 0 Å². The summed E-state index contributed by atoms with van der Waals surface area (Å²) in [7, 11) is 0. The molecule has 2 rings (SSSR count). The highest BCUT2D eigenvalue weighted by atomic mass is 19.1. The topological polar surface area (TPSA) is 84.3 Å². The minimum atomic E-state index is -1.32. The number of carbonyl (C=O) groups is 1. The summed E-state index contributed by atoms with van der Waals surface area (Å²) in [5.41, 5.74) is -1.70. The van der Waals surface area contributed by atoms with E-state index >= 15 is 0 Å². The van der Waals surface area contributed by atoms with Crippen LogP contribution in [0, 0.1) is 21.7 Å². The SMILES string of the molecule is O=C(NC1CCNC1)c1cc(F)cc([N+](=O)[O-])c1F. The van der Waals surface area contributed by atoms with Gasteiger partial charge in [-0.25, -0.2) is 4.39 Å². The summed E-state index contributed by atoms with van der Waals surface area (Å²) in [6, 6.07) is 0.915. The molecule has 1 fully saturated rings. The van der Waals surface area contributed by atoms with Crippen LogP contribution in [-0.2, 0) is 0 Å². The van der Waals surface area contributed by atoms with Crippen molar-refractivity contribution in [1.29, 1.82) is 0 Å². The number of carbonyl (C=O) groups excluding carboxylic acids is 1. The van der Waals surface area contributed by atoms with E-state index in [4.69, 9.17) is 0 Å². The molecule has 19 heavy (non-hydrogen) atoms. The maximum absolute atomic E-state index is 13.7. The fourth-order valence-corrected chi connectivity index (χ4v) is 1.91. The number of halogens is 2. The van der Waals surface area contributed by atoms with E-state index in [1.165, 1.54) is 0 Å². The smallest absolute Gasteiger partial charge is 0.308 e. The van der Waals surface area contributed by atoms with Crippen molar-refractivity contribution >= 4 is 11.6 Å². The maximum Gasteiger partial charge on any atom is 0.308 e. The van der Waals surface area contributed by atoms with Crippen LogP contribution in [0.5, 0.6) is 0 Å². The van der Waals surface area contributed by atoms with Crippen molar-refractivity contribution in [2.24, 2.45) is 0 Å². The molecule has 0 spiro atoms. The first-order valence-corrected chi connectivity index (χ1v) is 5.64. The zero-order valence-corrected chi connectivity index (χ0v) is 9.78. The van der Waals surface area contributed by atoms with E-state index in [0.717, 1.165) is 6.54 Å². The average Bonchev–Trinajstić information content (AvgIpc) is 2.84. The molecule has 6 nitrogen and oxygen atoms in total. The second kappa shape index (κ2) is 5.27. The quantitative estimate of drug-likeness (QED) is 0.633. The second-order valence-electron chi connectivity index (χ2n) is 4.21. The van der Waals surface area contributed by atoms with E-state index in [-0.39, 0.29) is 6.04 Å². The van der Waals surface area contributed by atoms with E-state index in [9.17, 15) is 23.7 Å². The minimum Gasteiger partial charge on any atom is -0.348 e. The third-order valence-corrected chi connectivity index (χ3v) is 2.86. The van der Waals surface area contributed by atoms with Crippen molar-refractivity contribution in [1.82, 2.24) is 10.6 Å². The Balaban J connectivity index is 2.27. The van der Waals surface area contributed by atoms with Gasteiger partial charge < -0.3 is 10.6 Å². The van der Waals surface area contributed by atoms with Crippen molar-refractivity contribution in [2.75, 3.05) is 13.1 Å². The Bertz CT molecular complexity index is 530. The Morgan fingerprint density at radius 1 is 1.47 bits per heavy atom. The predicted molar refractivity (Wildman–Crippen MR) is 61.8 cm³/mol. The van der Waals surface area contributed by atoms with Crippen molar-refractivity contribution in [2.45, 2.75) is 12.5 Å². The molecule has 1 atom stereocenters. The van der Waals surface area contributed by atoms with Crippen LogP contribution in [0.25, 0.3) is 0 Å². The molecule has 102 valence electrons. The average molecular weight is 271 g/mol. The predicted octanol–water partition coefficient (Wildman–Crippen LogP) is 0.965. The molecule has 0 radical (unpaired) electrons. The normalized spacial score (nSPS) is 18.3. The number of nitro benzene ring substituents is 1. The summed E-state index contributed by atoms with van der Waals surface area (Å²) >= 11 is 0. The minimum absolute atomic E-state index is 0.186. The van der Waals surface area contributed by atoms with Crippen molar-refractivity contribution in [3.63, 3.8) is 0 Å². The van der Waals surface area contributed by atoms with E-state index in [1.54, 1.807) is 0 Å². The standard InChI is InChI=1S/C11H11F2N3O3/c12-6-3-8(10(13)9(4-6)16(18)19)11(17)15-7-1-2-14-5-7/h3-4,7,14H,1-2,5H2,(H,15,17). The van der Waals surface area contributed by atoms with Crippen molar-refractivity contribution < 1.29 is 18.5 Å². The highest BCUT2D eigenvalue weighted by molar-refractivity contribution is 5.95. The molecule has 1 aliphatic heterocycles. The molecular weight excluding hydrogens is 260 g/mol. The van der Waals surface area contributed by atoms with Gasteiger partial charge in [0.25, 0.3) is 5.91 Å². The molecule has 1 unspecified atom stereocenters. The number of hydrogen-bond acceptors (Lipinski definition) is 4. The van der Waals surface area contributed by atoms with E-state index in [1.807, 2.05) is 0 Å². The van der Waals surface area contributed by atoms with E-state index < -0.39 is 33.7 Å². The second-order valence-corrected chi connectivity index (χ2v) is 4.21. The number of nitrogens with zero attached hydrogens (tertiary/aromatic N) is 1. The van der Waals surface area contributed by atoms with Gasteiger partial charge >= 0.3 is 5.69 Å². The van der Waals surface area contributed by atoms with Crippen LogP contribution in [-0.4, -0.2) is 30.0 Å². The summed E-state index contributed by atoms with van der Waals surface area (Å²) < 4.78 is 26.9. The molecule has 1 heterocycles. The molecular formula is C11H11F2N3O3. The Morgan fingerprint density at radius 2 is 2.21 bits per heavy atom. The van der Waals surface area contributed by atoms with Gasteiger partial charge in [0.1, 0.15) is 5.82 Å². The summed E-state index contributed by atoms with van der Waals surface area (Å²) in [5, 5.41) is 16.0. The molecule has 0 saturated carbocycles. The van der Waals surface area contributed by atoms with Crippen LogP contribution < -0.4 is 10.6 Å². The fraction of sp³-hybridized carbons (Fsp3) is 0.364. The number of rotatable bonds is 3. The van der Waals surface area contributed by atoms with E-state index in [0.29, 0.717) is 25.1 Å². The molecule has 0 bridgehead atoms. The molecule has 1 saturated heterocycles.